The highest BCUT2D eigenvalue weighted by Crippen LogP contribution is 2.27. The number of rotatable bonds is 5. The normalized spacial score (nSPS) is 10.3. The minimum atomic E-state index is -0.445. The smallest absolute Gasteiger partial charge is 0.366 e. The number of ether oxygens (including phenoxy) is 3. The average Bonchev–Trinajstić information content (AvgIpc) is 2.46. The van der Waals surface area contributed by atoms with Crippen LogP contribution in [0.2, 0.25) is 0 Å². The molecule has 0 heterocycles. The van der Waals surface area contributed by atoms with E-state index in [1.54, 1.807) is 21.3 Å². The first-order chi connectivity index (χ1) is 10.1. The lowest BCUT2D eigenvalue weighted by atomic mass is 10.3. The Hall–Kier alpha value is -0.470. The molecular weight excluding hydrogens is 515 g/mol. The van der Waals surface area contributed by atoms with Gasteiger partial charge in [0.2, 0.25) is 0 Å². The molecule has 0 bridgehead atoms. The highest BCUT2D eigenvalue weighted by atomic mass is 127. The van der Waals surface area contributed by atoms with Gasteiger partial charge in [-0.2, -0.15) is 0 Å². The first-order valence-corrected chi connectivity index (χ1v) is 9.72. The maximum atomic E-state index is 5.51. The van der Waals surface area contributed by atoms with E-state index in [0.717, 1.165) is 29.8 Å². The number of benzene rings is 2. The van der Waals surface area contributed by atoms with Gasteiger partial charge in [-0.15, -0.1) is 0 Å². The third kappa shape index (κ3) is 4.26. The molecule has 0 aliphatic carbocycles. The molecule has 0 fully saturated rings. The molecule has 0 saturated heterocycles. The maximum Gasteiger partial charge on any atom is 0.366 e. The lowest BCUT2D eigenvalue weighted by molar-refractivity contribution is -0.598. The Labute approximate surface area is 151 Å². The van der Waals surface area contributed by atoms with Crippen molar-refractivity contribution in [2.75, 3.05) is 21.3 Å². The van der Waals surface area contributed by atoms with Gasteiger partial charge >= 0.3 is 21.2 Å². The van der Waals surface area contributed by atoms with E-state index in [4.69, 9.17) is 14.2 Å². The predicted molar refractivity (Wildman–Crippen MR) is 85.3 cm³/mol. The summed E-state index contributed by atoms with van der Waals surface area (Å²) in [6.07, 6.45) is 0. The molecule has 0 aliphatic heterocycles. The molecule has 0 aromatic heterocycles. The van der Waals surface area contributed by atoms with Crippen LogP contribution in [0.5, 0.6) is 17.2 Å². The van der Waals surface area contributed by atoms with Crippen molar-refractivity contribution in [1.82, 2.24) is 0 Å². The summed E-state index contributed by atoms with van der Waals surface area (Å²) in [4.78, 5) is 0. The minimum Gasteiger partial charge on any atom is -0.496 e. The molecule has 2 aromatic carbocycles. The minimum absolute atomic E-state index is 0.445. The van der Waals surface area contributed by atoms with Crippen LogP contribution in [-0.2, 0) is 0 Å². The van der Waals surface area contributed by atoms with Gasteiger partial charge in [-0.05, 0) is 6.07 Å². The van der Waals surface area contributed by atoms with Gasteiger partial charge in [0.15, 0.2) is 15.1 Å². The molecular formula is C15H14Br2IO3+. The zero-order valence-electron chi connectivity index (χ0n) is 11.7. The van der Waals surface area contributed by atoms with Crippen LogP contribution in [0.25, 0.3) is 0 Å². The van der Waals surface area contributed by atoms with Crippen LogP contribution >= 0.6 is 31.9 Å². The van der Waals surface area contributed by atoms with E-state index < -0.39 is 21.2 Å². The molecule has 0 radical (unpaired) electrons. The lowest BCUT2D eigenvalue weighted by Crippen LogP contribution is -3.61. The summed E-state index contributed by atoms with van der Waals surface area (Å²) in [5.74, 6) is 2.33. The molecule has 0 aliphatic rings. The standard InChI is InChI=1S/C15H14Br2IO3/c1-19-12-7-13(20-2)15(14(8-12)21-3)18-11-5-9(16)4-10(17)6-11/h4-8H,1-3H3/q+1. The number of halogens is 3. The van der Waals surface area contributed by atoms with Gasteiger partial charge in [0.25, 0.3) is 3.57 Å². The quantitative estimate of drug-likeness (QED) is 0.549. The molecule has 6 heteroatoms. The summed E-state index contributed by atoms with van der Waals surface area (Å²) in [5.41, 5.74) is 0. The Kier molecular flexibility index (Phi) is 6.19. The van der Waals surface area contributed by atoms with Gasteiger partial charge in [-0.1, -0.05) is 31.9 Å². The number of methoxy groups -OCH3 is 3. The van der Waals surface area contributed by atoms with Crippen LogP contribution in [0.15, 0.2) is 39.3 Å². The SMILES string of the molecule is COc1cc(OC)c([I+]c2cc(Br)cc(Br)c2)c(OC)c1. The zero-order chi connectivity index (χ0) is 15.4. The molecule has 112 valence electrons. The van der Waals surface area contributed by atoms with Crippen molar-refractivity contribution in [1.29, 1.82) is 0 Å². The summed E-state index contributed by atoms with van der Waals surface area (Å²) in [5, 5.41) is 0. The van der Waals surface area contributed by atoms with Crippen molar-refractivity contribution in [2.24, 2.45) is 0 Å². The van der Waals surface area contributed by atoms with E-state index in [2.05, 4.69) is 44.0 Å². The van der Waals surface area contributed by atoms with Gasteiger partial charge < -0.3 is 14.2 Å². The summed E-state index contributed by atoms with van der Waals surface area (Å²) in [6, 6.07) is 10.1. The Morgan fingerprint density at radius 3 is 1.71 bits per heavy atom. The van der Waals surface area contributed by atoms with E-state index in [1.807, 2.05) is 18.2 Å². The fourth-order valence-corrected chi connectivity index (χ4v) is 6.78. The average molecular weight is 529 g/mol. The second-order valence-electron chi connectivity index (χ2n) is 4.03. The lowest BCUT2D eigenvalue weighted by Gasteiger charge is -2.08. The molecule has 0 atom stereocenters. The van der Waals surface area contributed by atoms with Gasteiger partial charge in [-0.25, -0.2) is 0 Å². The monoisotopic (exact) mass is 527 g/mol. The van der Waals surface area contributed by atoms with Crippen molar-refractivity contribution in [3.63, 3.8) is 0 Å². The number of hydrogen-bond donors (Lipinski definition) is 0. The van der Waals surface area contributed by atoms with Gasteiger partial charge in [0.05, 0.1) is 21.3 Å². The predicted octanol–water partition coefficient (Wildman–Crippen LogP) is 1.37. The van der Waals surface area contributed by atoms with Gasteiger partial charge in [0.1, 0.15) is 5.75 Å². The van der Waals surface area contributed by atoms with Crippen LogP contribution < -0.4 is 35.4 Å². The second-order valence-corrected chi connectivity index (χ2v) is 8.72. The van der Waals surface area contributed by atoms with Crippen LogP contribution in [0.1, 0.15) is 0 Å². The van der Waals surface area contributed by atoms with E-state index >= 15 is 0 Å². The maximum absolute atomic E-state index is 5.51. The van der Waals surface area contributed by atoms with Crippen LogP contribution in [0.3, 0.4) is 0 Å². The largest absolute Gasteiger partial charge is 0.496 e. The van der Waals surface area contributed by atoms with E-state index in [1.165, 1.54) is 3.57 Å². The topological polar surface area (TPSA) is 27.7 Å². The molecule has 21 heavy (non-hydrogen) atoms. The van der Waals surface area contributed by atoms with Crippen molar-refractivity contribution in [3.05, 3.63) is 46.4 Å². The molecule has 0 unspecified atom stereocenters. The highest BCUT2D eigenvalue weighted by Gasteiger charge is 2.28. The first kappa shape index (κ1) is 16.9. The fraction of sp³-hybridized carbons (Fsp3) is 0.200. The van der Waals surface area contributed by atoms with E-state index in [9.17, 15) is 0 Å². The first-order valence-electron chi connectivity index (χ1n) is 5.98. The molecule has 2 aromatic rings. The van der Waals surface area contributed by atoms with Crippen molar-refractivity contribution in [2.45, 2.75) is 0 Å². The second kappa shape index (κ2) is 7.69. The van der Waals surface area contributed by atoms with Crippen molar-refractivity contribution in [3.8, 4) is 17.2 Å². The van der Waals surface area contributed by atoms with E-state index in [-0.39, 0.29) is 0 Å². The fourth-order valence-electron chi connectivity index (χ4n) is 1.74. The molecule has 0 N–H and O–H groups in total. The molecule has 0 spiro atoms. The summed E-state index contributed by atoms with van der Waals surface area (Å²) in [7, 11) is 4.96. The summed E-state index contributed by atoms with van der Waals surface area (Å²) in [6.45, 7) is 0. The van der Waals surface area contributed by atoms with Gasteiger partial charge in [-0.3, -0.25) is 0 Å². The molecule has 2 rings (SSSR count). The van der Waals surface area contributed by atoms with Gasteiger partial charge in [0, 0.05) is 33.2 Å². The summed E-state index contributed by atoms with van der Waals surface area (Å²) >= 11 is 6.61. The third-order valence-electron chi connectivity index (χ3n) is 2.69. The van der Waals surface area contributed by atoms with Crippen molar-refractivity contribution < 1.29 is 35.4 Å². The number of hydrogen-bond acceptors (Lipinski definition) is 3. The van der Waals surface area contributed by atoms with Crippen LogP contribution in [-0.4, -0.2) is 21.3 Å². The molecule has 0 amide bonds. The Bertz CT molecular complexity index is 602. The Morgan fingerprint density at radius 1 is 0.762 bits per heavy atom. The highest BCUT2D eigenvalue weighted by molar-refractivity contribution is 9.11. The van der Waals surface area contributed by atoms with Crippen LogP contribution in [0.4, 0.5) is 0 Å². The van der Waals surface area contributed by atoms with Crippen molar-refractivity contribution >= 4 is 31.9 Å². The Balaban J connectivity index is 2.46. The molecule has 0 saturated carbocycles. The summed E-state index contributed by atoms with van der Waals surface area (Å²) < 4.78 is 20.8. The van der Waals surface area contributed by atoms with E-state index in [0.29, 0.717) is 0 Å². The molecule has 3 nitrogen and oxygen atoms in total. The zero-order valence-corrected chi connectivity index (χ0v) is 17.1. The Morgan fingerprint density at radius 2 is 1.29 bits per heavy atom. The van der Waals surface area contributed by atoms with Crippen LogP contribution in [0, 0.1) is 7.14 Å². The third-order valence-corrected chi connectivity index (χ3v) is 6.45.